The van der Waals surface area contributed by atoms with E-state index in [4.69, 9.17) is 5.73 Å². The van der Waals surface area contributed by atoms with E-state index in [0.717, 1.165) is 18.7 Å². The van der Waals surface area contributed by atoms with Gasteiger partial charge in [0.2, 0.25) is 0 Å². The highest BCUT2D eigenvalue weighted by Gasteiger charge is 2.26. The van der Waals surface area contributed by atoms with Crippen molar-refractivity contribution < 1.29 is 9.90 Å². The molecule has 0 unspecified atom stereocenters. The first kappa shape index (κ1) is 11.7. The van der Waals surface area contributed by atoms with Crippen molar-refractivity contribution in [1.82, 2.24) is 4.90 Å². The Balaban J connectivity index is 2.17. The molecule has 1 aliphatic heterocycles. The maximum absolute atomic E-state index is 12.1. The molecule has 0 atom stereocenters. The molecule has 0 bridgehead atoms. The lowest BCUT2D eigenvalue weighted by Crippen LogP contribution is -2.50. The number of aromatic hydroxyl groups is 1. The van der Waals surface area contributed by atoms with Gasteiger partial charge in [-0.05, 0) is 18.6 Å². The summed E-state index contributed by atoms with van der Waals surface area (Å²) in [5.41, 5.74) is 6.21. The highest BCUT2D eigenvalue weighted by atomic mass is 16.3. The van der Waals surface area contributed by atoms with Crippen LogP contribution >= 0.6 is 0 Å². The first-order valence-electron chi connectivity index (χ1n) is 5.78. The van der Waals surface area contributed by atoms with Crippen LogP contribution in [0.5, 0.6) is 5.75 Å². The van der Waals surface area contributed by atoms with E-state index in [2.05, 4.69) is 0 Å². The molecule has 1 aromatic carbocycles. The third-order valence-corrected chi connectivity index (χ3v) is 2.85. The van der Waals surface area contributed by atoms with Gasteiger partial charge in [-0.3, -0.25) is 4.90 Å². The van der Waals surface area contributed by atoms with Crippen LogP contribution in [0.3, 0.4) is 0 Å². The van der Waals surface area contributed by atoms with Crippen molar-refractivity contribution in [2.75, 3.05) is 31.1 Å². The molecule has 0 saturated carbocycles. The van der Waals surface area contributed by atoms with Crippen molar-refractivity contribution in [3.8, 4) is 5.75 Å². The van der Waals surface area contributed by atoms with Gasteiger partial charge in [-0.2, -0.15) is 0 Å². The normalized spacial score (nSPS) is 16.4. The van der Waals surface area contributed by atoms with E-state index >= 15 is 0 Å². The maximum Gasteiger partial charge on any atom is 0.324 e. The average molecular weight is 235 g/mol. The van der Waals surface area contributed by atoms with Crippen LogP contribution < -0.4 is 10.6 Å². The number of nitrogens with two attached hydrogens (primary N) is 1. The fraction of sp³-hybridized carbons (Fsp3) is 0.417. The van der Waals surface area contributed by atoms with Gasteiger partial charge < -0.3 is 15.7 Å². The predicted octanol–water partition coefficient (Wildman–Crippen LogP) is 0.983. The molecule has 1 fully saturated rings. The second-order valence-electron chi connectivity index (χ2n) is 4.08. The van der Waals surface area contributed by atoms with Gasteiger partial charge >= 0.3 is 6.03 Å². The summed E-state index contributed by atoms with van der Waals surface area (Å²) < 4.78 is 0. The minimum atomic E-state index is -0.0349. The number of hydrogen-bond acceptors (Lipinski definition) is 3. The molecule has 1 saturated heterocycles. The van der Waals surface area contributed by atoms with Gasteiger partial charge in [0, 0.05) is 37.9 Å². The van der Waals surface area contributed by atoms with E-state index in [1.807, 2.05) is 6.07 Å². The van der Waals surface area contributed by atoms with Crippen LogP contribution in [0.2, 0.25) is 0 Å². The van der Waals surface area contributed by atoms with Crippen molar-refractivity contribution in [1.29, 1.82) is 0 Å². The summed E-state index contributed by atoms with van der Waals surface area (Å²) in [5, 5.41) is 9.43. The van der Waals surface area contributed by atoms with Crippen LogP contribution in [0, 0.1) is 0 Å². The molecule has 0 aliphatic carbocycles. The zero-order valence-electron chi connectivity index (χ0n) is 9.67. The second-order valence-corrected chi connectivity index (χ2v) is 4.08. The molecule has 92 valence electrons. The van der Waals surface area contributed by atoms with Gasteiger partial charge in [0.25, 0.3) is 0 Å². The van der Waals surface area contributed by atoms with Crippen molar-refractivity contribution in [2.24, 2.45) is 5.73 Å². The zero-order valence-corrected chi connectivity index (χ0v) is 9.67. The van der Waals surface area contributed by atoms with Crippen LogP contribution in [0.25, 0.3) is 0 Å². The van der Waals surface area contributed by atoms with Crippen molar-refractivity contribution in [2.45, 2.75) is 6.42 Å². The van der Waals surface area contributed by atoms with Crippen LogP contribution in [0.4, 0.5) is 10.5 Å². The topological polar surface area (TPSA) is 69.8 Å². The van der Waals surface area contributed by atoms with Crippen molar-refractivity contribution >= 4 is 11.7 Å². The minimum absolute atomic E-state index is 0.0349. The third kappa shape index (κ3) is 2.50. The average Bonchev–Trinajstić information content (AvgIpc) is 2.32. The number of carbonyl (C=O) groups excluding carboxylic acids is 1. The summed E-state index contributed by atoms with van der Waals surface area (Å²) in [6.45, 7) is 2.49. The number of rotatable bonds is 3. The van der Waals surface area contributed by atoms with E-state index in [1.54, 1.807) is 28.0 Å². The van der Waals surface area contributed by atoms with Gasteiger partial charge in [-0.1, -0.05) is 6.07 Å². The Kier molecular flexibility index (Phi) is 3.49. The number of anilines is 1. The smallest absolute Gasteiger partial charge is 0.324 e. The zero-order chi connectivity index (χ0) is 12.3. The monoisotopic (exact) mass is 235 g/mol. The fourth-order valence-corrected chi connectivity index (χ4v) is 2.05. The minimum Gasteiger partial charge on any atom is -0.508 e. The van der Waals surface area contributed by atoms with Gasteiger partial charge in [0.1, 0.15) is 5.75 Å². The Labute approximate surface area is 100 Å². The molecule has 2 rings (SSSR count). The van der Waals surface area contributed by atoms with Crippen LogP contribution in [0.1, 0.15) is 6.42 Å². The Bertz CT molecular complexity index is 406. The van der Waals surface area contributed by atoms with Gasteiger partial charge in [0.15, 0.2) is 0 Å². The number of hydrogen-bond donors (Lipinski definition) is 2. The Morgan fingerprint density at radius 3 is 2.88 bits per heavy atom. The number of urea groups is 1. The van der Waals surface area contributed by atoms with E-state index in [9.17, 15) is 9.90 Å². The first-order valence-corrected chi connectivity index (χ1v) is 5.78. The summed E-state index contributed by atoms with van der Waals surface area (Å²) in [6.07, 6.45) is 0.918. The number of phenols is 1. The summed E-state index contributed by atoms with van der Waals surface area (Å²) in [5.74, 6) is 0.172. The van der Waals surface area contributed by atoms with Crippen LogP contribution in [-0.4, -0.2) is 42.2 Å². The van der Waals surface area contributed by atoms with E-state index in [1.165, 1.54) is 0 Å². The third-order valence-electron chi connectivity index (χ3n) is 2.85. The lowest BCUT2D eigenvalue weighted by molar-refractivity contribution is 0.197. The molecule has 0 radical (unpaired) electrons. The van der Waals surface area contributed by atoms with Gasteiger partial charge in [-0.25, -0.2) is 4.79 Å². The van der Waals surface area contributed by atoms with Crippen molar-refractivity contribution in [3.63, 3.8) is 0 Å². The first-order chi connectivity index (χ1) is 8.22. The molecule has 2 amide bonds. The summed E-state index contributed by atoms with van der Waals surface area (Å²) in [7, 11) is 0. The summed E-state index contributed by atoms with van der Waals surface area (Å²) in [4.78, 5) is 15.6. The molecular weight excluding hydrogens is 218 g/mol. The standard InChI is InChI=1S/C12H17N3O2/c13-5-8-14-6-2-7-15(12(14)17)10-3-1-4-11(16)9-10/h1,3-4,9,16H,2,5-8,13H2. The summed E-state index contributed by atoms with van der Waals surface area (Å²) in [6, 6.07) is 6.72. The van der Waals surface area contributed by atoms with E-state index < -0.39 is 0 Å². The number of nitrogens with zero attached hydrogens (tertiary/aromatic N) is 2. The van der Waals surface area contributed by atoms with Gasteiger partial charge in [-0.15, -0.1) is 0 Å². The molecular formula is C12H17N3O2. The summed E-state index contributed by atoms with van der Waals surface area (Å²) >= 11 is 0. The highest BCUT2D eigenvalue weighted by molar-refractivity contribution is 5.92. The molecule has 17 heavy (non-hydrogen) atoms. The quantitative estimate of drug-likeness (QED) is 0.820. The van der Waals surface area contributed by atoms with E-state index in [-0.39, 0.29) is 11.8 Å². The molecule has 1 aromatic rings. The number of phenolic OH excluding ortho intramolecular Hbond substituents is 1. The Hall–Kier alpha value is -1.75. The SMILES string of the molecule is NCCN1CCCN(c2cccc(O)c2)C1=O. The number of carbonyl (C=O) groups is 1. The maximum atomic E-state index is 12.1. The Morgan fingerprint density at radius 2 is 2.18 bits per heavy atom. The highest BCUT2D eigenvalue weighted by Crippen LogP contribution is 2.23. The molecule has 0 aromatic heterocycles. The largest absolute Gasteiger partial charge is 0.508 e. The van der Waals surface area contributed by atoms with Crippen LogP contribution in [-0.2, 0) is 0 Å². The molecule has 1 heterocycles. The van der Waals surface area contributed by atoms with Crippen LogP contribution in [0.15, 0.2) is 24.3 Å². The number of amides is 2. The Morgan fingerprint density at radius 1 is 1.35 bits per heavy atom. The molecule has 0 spiro atoms. The predicted molar refractivity (Wildman–Crippen MR) is 66.1 cm³/mol. The number of benzene rings is 1. The molecule has 1 aliphatic rings. The fourth-order valence-electron chi connectivity index (χ4n) is 2.05. The van der Waals surface area contributed by atoms with Crippen molar-refractivity contribution in [3.05, 3.63) is 24.3 Å². The molecule has 5 heteroatoms. The van der Waals surface area contributed by atoms with Gasteiger partial charge in [0.05, 0.1) is 0 Å². The van der Waals surface area contributed by atoms with E-state index in [0.29, 0.717) is 19.6 Å². The molecule has 5 nitrogen and oxygen atoms in total. The lowest BCUT2D eigenvalue weighted by atomic mass is 10.2. The second kappa shape index (κ2) is 5.05. The lowest BCUT2D eigenvalue weighted by Gasteiger charge is -2.35. The molecule has 3 N–H and O–H groups in total.